The third-order valence-corrected chi connectivity index (χ3v) is 11.4. The largest absolute Gasteiger partial charge is 0.393 e. The maximum atomic E-state index is 13.2. The molecule has 1 aromatic carbocycles. The zero-order valence-corrected chi connectivity index (χ0v) is 33.4. The molecule has 1 saturated heterocycles. The minimum absolute atomic E-state index is 0.0285. The van der Waals surface area contributed by atoms with E-state index in [0.717, 1.165) is 73.1 Å². The number of allylic oxidation sites excluding steroid dienone is 1. The summed E-state index contributed by atoms with van der Waals surface area (Å²) in [5.74, 6) is -0.718. The first-order valence-corrected chi connectivity index (χ1v) is 19.7. The van der Waals surface area contributed by atoms with Gasteiger partial charge in [0.25, 0.3) is 5.91 Å². The van der Waals surface area contributed by atoms with Gasteiger partial charge in [0, 0.05) is 72.5 Å². The highest BCUT2D eigenvalue weighted by molar-refractivity contribution is 6.39. The number of carbonyl (C=O) groups excluding carboxylic acids is 3. The van der Waals surface area contributed by atoms with E-state index in [1.807, 2.05) is 23.2 Å². The Balaban J connectivity index is 1.16. The SMILES string of the molecule is [B]C([B])(c1cccc(C(=O)N(C)C)[n+]1OC)N1CCC(n2ncc3c2C(CC)N(C)c2c(NC(/C=C(\N)NC(=O)C4CC4)=C(/N)C(=O)NC4CC4)cccc2-3)CC1. The molecule has 3 amide bonds. The standard InChI is InChI=1S/C40H51B2N11O4/c1-6-30-36-27(22-45-52(36)25-17-19-51(20-18-25)40(41,42)32-12-8-11-31(53(32)57-5)39(56)49(2)3)26-9-7-10-28(35(26)50(30)4)47-29(34(44)38(55)46-24-15-16-24)21-33(43)48-37(54)23-13-14-23/h7-12,21-25,30,44H,6,13-20H2,1-5H3,(H5,43,46,47,48,54,55,56)/p+1. The third kappa shape index (κ3) is 7.81. The van der Waals surface area contributed by atoms with E-state index < -0.39 is 11.2 Å². The third-order valence-electron chi connectivity index (χ3n) is 11.4. The number of hydrogen-bond donors (Lipinski definition) is 5. The average Bonchev–Trinajstić information content (AvgIpc) is 4.15. The van der Waals surface area contributed by atoms with Crippen molar-refractivity contribution in [3.63, 3.8) is 0 Å². The van der Waals surface area contributed by atoms with E-state index in [4.69, 9.17) is 37.1 Å². The molecule has 7 rings (SSSR count). The normalized spacial score (nSPS) is 19.2. The molecule has 3 fully saturated rings. The van der Waals surface area contributed by atoms with Crippen LogP contribution in [0.3, 0.4) is 0 Å². The fourth-order valence-corrected chi connectivity index (χ4v) is 7.99. The number of para-hydroxylation sites is 1. The fourth-order valence-electron chi connectivity index (χ4n) is 7.99. The molecule has 3 aromatic rings. The van der Waals surface area contributed by atoms with Crippen LogP contribution in [0.15, 0.2) is 65.9 Å². The lowest BCUT2D eigenvalue weighted by Crippen LogP contribution is -2.61. The molecule has 17 heteroatoms. The molecule has 296 valence electrons. The maximum Gasteiger partial charge on any atom is 0.323 e. The summed E-state index contributed by atoms with van der Waals surface area (Å²) in [5.41, 5.74) is 18.6. The smallest absolute Gasteiger partial charge is 0.323 e. The van der Waals surface area contributed by atoms with Gasteiger partial charge in [0.05, 0.1) is 56.7 Å². The molecule has 2 saturated carbocycles. The number of anilines is 2. The zero-order valence-electron chi connectivity index (χ0n) is 33.4. The van der Waals surface area contributed by atoms with Crippen LogP contribution in [0.2, 0.25) is 0 Å². The monoisotopic (exact) mass is 772 g/mol. The molecule has 4 aliphatic rings. The highest BCUT2D eigenvalue weighted by Gasteiger charge is 2.42. The first-order valence-electron chi connectivity index (χ1n) is 19.7. The summed E-state index contributed by atoms with van der Waals surface area (Å²) in [6.07, 6.45) is 9.21. The van der Waals surface area contributed by atoms with Gasteiger partial charge in [-0.2, -0.15) is 5.10 Å². The minimum Gasteiger partial charge on any atom is -0.393 e. The van der Waals surface area contributed by atoms with Crippen molar-refractivity contribution in [1.82, 2.24) is 30.2 Å². The van der Waals surface area contributed by atoms with Crippen molar-refractivity contribution in [3.05, 3.63) is 83.0 Å². The van der Waals surface area contributed by atoms with Crippen molar-refractivity contribution in [2.45, 2.75) is 75.3 Å². The Hall–Kier alpha value is -5.44. The van der Waals surface area contributed by atoms with Gasteiger partial charge in [-0.25, -0.2) is 0 Å². The molecule has 1 atom stereocenters. The molecule has 15 nitrogen and oxygen atoms in total. The zero-order chi connectivity index (χ0) is 40.8. The summed E-state index contributed by atoms with van der Waals surface area (Å²) < 4.78 is 3.58. The molecule has 1 unspecified atom stereocenters. The predicted molar refractivity (Wildman–Crippen MR) is 218 cm³/mol. The second-order valence-corrected chi connectivity index (χ2v) is 15.7. The number of carbonyl (C=O) groups is 3. The summed E-state index contributed by atoms with van der Waals surface area (Å²) in [4.78, 5) is 50.0. The molecular weight excluding hydrogens is 720 g/mol. The van der Waals surface area contributed by atoms with Crippen LogP contribution in [0.4, 0.5) is 11.4 Å². The lowest BCUT2D eigenvalue weighted by Gasteiger charge is -2.43. The van der Waals surface area contributed by atoms with E-state index in [-0.39, 0.29) is 53.1 Å². The van der Waals surface area contributed by atoms with E-state index >= 15 is 0 Å². The van der Waals surface area contributed by atoms with Crippen LogP contribution in [-0.2, 0) is 14.9 Å². The number of fused-ring (bicyclic) bond motifs is 3. The quantitative estimate of drug-likeness (QED) is 0.0740. The molecular formula is C40H52B2N11O4+. The van der Waals surface area contributed by atoms with Gasteiger partial charge in [-0.1, -0.05) is 19.1 Å². The van der Waals surface area contributed by atoms with Crippen LogP contribution in [0.5, 0.6) is 0 Å². The molecule has 7 N–H and O–H groups in total. The lowest BCUT2D eigenvalue weighted by atomic mass is 9.58. The Morgan fingerprint density at radius 3 is 2.37 bits per heavy atom. The fraction of sp³-hybridized carbons (Fsp3) is 0.475. The van der Waals surface area contributed by atoms with E-state index in [1.165, 1.54) is 22.8 Å². The van der Waals surface area contributed by atoms with Crippen LogP contribution in [-0.4, -0.2) is 100 Å². The topological polar surface area (TPSA) is 180 Å². The van der Waals surface area contributed by atoms with Crippen LogP contribution >= 0.6 is 0 Å². The average molecular weight is 773 g/mol. The summed E-state index contributed by atoms with van der Waals surface area (Å²) >= 11 is 0. The number of benzene rings is 1. The number of amides is 3. The first-order chi connectivity index (χ1) is 27.2. The number of pyridine rings is 1. The van der Waals surface area contributed by atoms with Crippen molar-refractivity contribution < 1.29 is 24.0 Å². The number of nitrogens with zero attached hydrogens (tertiary/aromatic N) is 6. The minimum atomic E-state index is -1.42. The Morgan fingerprint density at radius 2 is 1.74 bits per heavy atom. The van der Waals surface area contributed by atoms with Gasteiger partial charge < -0.3 is 42.1 Å². The summed E-state index contributed by atoms with van der Waals surface area (Å²) in [6, 6.07) is 11.3. The highest BCUT2D eigenvalue weighted by atomic mass is 16.6. The molecule has 2 aliphatic heterocycles. The Morgan fingerprint density at radius 1 is 1.04 bits per heavy atom. The van der Waals surface area contributed by atoms with Crippen molar-refractivity contribution in [1.29, 1.82) is 0 Å². The lowest BCUT2D eigenvalue weighted by molar-refractivity contribution is -0.893. The van der Waals surface area contributed by atoms with Crippen LogP contribution in [0.25, 0.3) is 11.1 Å². The van der Waals surface area contributed by atoms with Gasteiger partial charge in [-0.05, 0) is 70.2 Å². The Kier molecular flexibility index (Phi) is 11.1. The van der Waals surface area contributed by atoms with E-state index in [9.17, 15) is 14.4 Å². The van der Waals surface area contributed by atoms with Crippen LogP contribution < -0.4 is 41.9 Å². The van der Waals surface area contributed by atoms with E-state index in [2.05, 4.69) is 45.6 Å². The second kappa shape index (κ2) is 15.8. The number of hydrogen-bond acceptors (Lipinski definition) is 10. The number of piperidine rings is 1. The van der Waals surface area contributed by atoms with Gasteiger partial charge in [0.15, 0.2) is 0 Å². The molecule has 2 aromatic heterocycles. The first kappa shape index (κ1) is 39.8. The summed E-state index contributed by atoms with van der Waals surface area (Å²) in [6.45, 7) is 3.32. The Labute approximate surface area is 336 Å². The predicted octanol–water partition coefficient (Wildman–Crippen LogP) is 1.47. The van der Waals surface area contributed by atoms with Crippen LogP contribution in [0.1, 0.15) is 85.8 Å². The number of nitrogens with two attached hydrogens (primary N) is 2. The van der Waals surface area contributed by atoms with Gasteiger partial charge in [0.1, 0.15) is 18.6 Å². The number of aromatic nitrogens is 3. The second-order valence-electron chi connectivity index (χ2n) is 15.7. The van der Waals surface area contributed by atoms with Crippen molar-refractivity contribution >= 4 is 44.8 Å². The van der Waals surface area contributed by atoms with Gasteiger partial charge in [0.2, 0.25) is 11.6 Å². The van der Waals surface area contributed by atoms with Crippen molar-refractivity contribution in [3.8, 4) is 11.1 Å². The molecule has 0 bridgehead atoms. The van der Waals surface area contributed by atoms with Gasteiger partial charge in [-0.3, -0.25) is 23.9 Å². The number of likely N-dealkylation sites (tertiary alicyclic amines) is 1. The van der Waals surface area contributed by atoms with E-state index in [0.29, 0.717) is 24.5 Å². The molecule has 4 radical (unpaired) electrons. The van der Waals surface area contributed by atoms with Gasteiger partial charge >= 0.3 is 11.6 Å². The Bertz CT molecular complexity index is 2120. The van der Waals surface area contributed by atoms with Crippen LogP contribution in [0, 0.1) is 5.92 Å². The molecule has 57 heavy (non-hydrogen) atoms. The maximum absolute atomic E-state index is 13.2. The molecule has 4 heterocycles. The molecule has 0 spiro atoms. The molecule has 2 aliphatic carbocycles. The van der Waals surface area contributed by atoms with E-state index in [1.54, 1.807) is 32.3 Å². The summed E-state index contributed by atoms with van der Waals surface area (Å²) in [7, 11) is 20.7. The van der Waals surface area contributed by atoms with Crippen molar-refractivity contribution in [2.75, 3.05) is 51.6 Å². The van der Waals surface area contributed by atoms with Crippen molar-refractivity contribution in [2.24, 2.45) is 17.4 Å². The van der Waals surface area contributed by atoms with Gasteiger partial charge in [-0.15, -0.1) is 0 Å². The highest BCUT2D eigenvalue weighted by Crippen LogP contribution is 2.50. The number of rotatable bonds is 13. The summed E-state index contributed by atoms with van der Waals surface area (Å²) in [5, 5.41) is 12.7. The number of nitrogens with one attached hydrogen (secondary N) is 3.